The molecule has 35 heavy (non-hydrogen) atoms. The first kappa shape index (κ1) is 26.9. The number of aryl methyl sites for hydroxylation is 2. The number of nitrogens with zero attached hydrogens (tertiary/aromatic N) is 1. The summed E-state index contributed by atoms with van der Waals surface area (Å²) in [5, 5.41) is 6.86. The number of allylic oxidation sites excluding steroid dienone is 1. The molecule has 6 heteroatoms. The lowest BCUT2D eigenvalue weighted by Gasteiger charge is -2.15. The van der Waals surface area contributed by atoms with Gasteiger partial charge in [-0.25, -0.2) is 4.39 Å². The minimum absolute atomic E-state index is 0.203. The molecule has 0 radical (unpaired) electrons. The molecule has 0 spiro atoms. The average Bonchev–Trinajstić information content (AvgIpc) is 3.31. The van der Waals surface area contributed by atoms with Crippen molar-refractivity contribution in [3.8, 4) is 0 Å². The van der Waals surface area contributed by atoms with Gasteiger partial charge in [0.2, 0.25) is 0 Å². The Bertz CT molecular complexity index is 1180. The number of nitrogens with one attached hydrogen (secondary N) is 1. The molecule has 1 amide bonds. The van der Waals surface area contributed by atoms with E-state index in [1.54, 1.807) is 18.2 Å². The lowest BCUT2D eigenvalue weighted by atomic mass is 9.93. The number of hydrogen-bond acceptors (Lipinski definition) is 3. The van der Waals surface area contributed by atoms with E-state index in [2.05, 4.69) is 65.4 Å². The molecule has 1 N–H and O–H groups in total. The maximum atomic E-state index is 14.1. The molecule has 2 aromatic carbocycles. The molecule has 0 bridgehead atoms. The summed E-state index contributed by atoms with van der Waals surface area (Å²) in [7, 11) is 0. The molecule has 0 fully saturated rings. The van der Waals surface area contributed by atoms with Gasteiger partial charge in [-0.05, 0) is 73.1 Å². The number of amides is 1. The predicted molar refractivity (Wildman–Crippen MR) is 143 cm³/mol. The van der Waals surface area contributed by atoms with Gasteiger partial charge in [0.15, 0.2) is 5.69 Å². The van der Waals surface area contributed by atoms with Gasteiger partial charge in [0, 0.05) is 23.5 Å². The molecule has 0 unspecified atom stereocenters. The van der Waals surface area contributed by atoms with Gasteiger partial charge in [-0.2, -0.15) is 0 Å². The summed E-state index contributed by atoms with van der Waals surface area (Å²) in [5.41, 5.74) is 5.32. The normalized spacial score (nSPS) is 11.8. The zero-order chi connectivity index (χ0) is 25.4. The van der Waals surface area contributed by atoms with Crippen LogP contribution < -0.4 is 5.32 Å². The second-order valence-corrected chi connectivity index (χ2v) is 9.98. The third-order valence-electron chi connectivity index (χ3n) is 6.44. The van der Waals surface area contributed by atoms with E-state index >= 15 is 0 Å². The molecule has 0 aliphatic carbocycles. The first-order valence-electron chi connectivity index (χ1n) is 12.2. The van der Waals surface area contributed by atoms with Crippen LogP contribution in [0.5, 0.6) is 0 Å². The maximum Gasteiger partial charge on any atom is 0.273 e. The Kier molecular flexibility index (Phi) is 9.84. The minimum Gasteiger partial charge on any atom is -0.360 e. The number of carbonyl (C=O) groups excluding carboxylic acids is 1. The Morgan fingerprint density at radius 2 is 1.91 bits per heavy atom. The van der Waals surface area contributed by atoms with E-state index < -0.39 is 0 Å². The number of rotatable bonds is 11. The topological polar surface area (TPSA) is 55.1 Å². The molecule has 0 aliphatic heterocycles. The molecular formula is C29H34BrFN2O2. The van der Waals surface area contributed by atoms with E-state index in [4.69, 9.17) is 4.52 Å². The second kappa shape index (κ2) is 12.8. The number of benzene rings is 2. The van der Waals surface area contributed by atoms with Gasteiger partial charge in [-0.1, -0.05) is 77.6 Å². The monoisotopic (exact) mass is 540 g/mol. The highest BCUT2D eigenvalue weighted by Gasteiger charge is 2.15. The molecule has 1 aromatic heterocycles. The number of halogens is 2. The summed E-state index contributed by atoms with van der Waals surface area (Å²) >= 11 is 3.59. The van der Waals surface area contributed by atoms with Gasteiger partial charge < -0.3 is 9.84 Å². The highest BCUT2D eigenvalue weighted by molar-refractivity contribution is 9.10. The third-order valence-corrected chi connectivity index (χ3v) is 6.93. The third kappa shape index (κ3) is 7.63. The van der Waals surface area contributed by atoms with Crippen molar-refractivity contribution in [2.75, 3.05) is 6.54 Å². The Labute approximate surface area is 216 Å². The van der Waals surface area contributed by atoms with Gasteiger partial charge in [0.1, 0.15) is 11.6 Å². The van der Waals surface area contributed by atoms with Crippen LogP contribution in [0.3, 0.4) is 0 Å². The van der Waals surface area contributed by atoms with Crippen molar-refractivity contribution in [3.63, 3.8) is 0 Å². The highest BCUT2D eigenvalue weighted by atomic mass is 79.9. The summed E-state index contributed by atoms with van der Waals surface area (Å²) in [5.74, 6) is 0.512. The SMILES string of the molecule is CCC(CC)CC=C(CCNC(=O)c1cc(Cc2cc(C)ccc2F)on1)c1cc(Br)ccc1C. The van der Waals surface area contributed by atoms with E-state index in [9.17, 15) is 9.18 Å². The fourth-order valence-electron chi connectivity index (χ4n) is 4.15. The van der Waals surface area contributed by atoms with Crippen molar-refractivity contribution in [2.45, 2.75) is 59.8 Å². The Hall–Kier alpha value is -2.73. The van der Waals surface area contributed by atoms with Gasteiger partial charge in [0.05, 0.1) is 0 Å². The molecule has 0 atom stereocenters. The van der Waals surface area contributed by atoms with Gasteiger partial charge in [0.25, 0.3) is 5.91 Å². The van der Waals surface area contributed by atoms with Crippen molar-refractivity contribution in [1.29, 1.82) is 0 Å². The number of aromatic nitrogens is 1. The van der Waals surface area contributed by atoms with E-state index in [-0.39, 0.29) is 23.8 Å². The van der Waals surface area contributed by atoms with Crippen LogP contribution in [0.2, 0.25) is 0 Å². The first-order valence-corrected chi connectivity index (χ1v) is 13.0. The zero-order valence-electron chi connectivity index (χ0n) is 21.0. The van der Waals surface area contributed by atoms with E-state index in [1.165, 1.54) is 22.8 Å². The fourth-order valence-corrected chi connectivity index (χ4v) is 4.51. The molecule has 0 aliphatic rings. The number of carbonyl (C=O) groups is 1. The molecule has 3 rings (SSSR count). The smallest absolute Gasteiger partial charge is 0.273 e. The average molecular weight is 542 g/mol. The summed E-state index contributed by atoms with van der Waals surface area (Å²) < 4.78 is 20.4. The van der Waals surface area contributed by atoms with Crippen LogP contribution in [0.1, 0.15) is 78.0 Å². The van der Waals surface area contributed by atoms with Crippen LogP contribution in [-0.2, 0) is 6.42 Å². The van der Waals surface area contributed by atoms with E-state index in [0.29, 0.717) is 30.2 Å². The van der Waals surface area contributed by atoms with Gasteiger partial charge in [-0.3, -0.25) is 4.79 Å². The Morgan fingerprint density at radius 3 is 2.66 bits per heavy atom. The van der Waals surface area contributed by atoms with Crippen LogP contribution in [0.15, 0.2) is 57.5 Å². The predicted octanol–water partition coefficient (Wildman–Crippen LogP) is 7.81. The van der Waals surface area contributed by atoms with Crippen molar-refractivity contribution in [1.82, 2.24) is 10.5 Å². The second-order valence-electron chi connectivity index (χ2n) is 9.06. The Morgan fingerprint density at radius 1 is 1.14 bits per heavy atom. The largest absolute Gasteiger partial charge is 0.360 e. The van der Waals surface area contributed by atoms with Crippen LogP contribution in [0.4, 0.5) is 4.39 Å². The molecule has 1 heterocycles. The lowest BCUT2D eigenvalue weighted by molar-refractivity contribution is 0.0945. The van der Waals surface area contributed by atoms with Crippen molar-refractivity contribution < 1.29 is 13.7 Å². The molecule has 4 nitrogen and oxygen atoms in total. The van der Waals surface area contributed by atoms with Gasteiger partial charge in [-0.15, -0.1) is 0 Å². The standard InChI is InChI=1S/C29H34BrFN2O2/c1-5-21(6-2)9-10-22(26-17-24(30)11-8-20(26)4)13-14-32-29(34)28-18-25(35-33-28)16-23-15-19(3)7-12-27(23)31/h7-8,10-12,15,17-18,21H,5-6,9,13-14,16H2,1-4H3,(H,32,34). The highest BCUT2D eigenvalue weighted by Crippen LogP contribution is 2.27. The van der Waals surface area contributed by atoms with E-state index in [1.807, 2.05) is 13.0 Å². The maximum absolute atomic E-state index is 14.1. The van der Waals surface area contributed by atoms with Crippen LogP contribution >= 0.6 is 15.9 Å². The summed E-state index contributed by atoms with van der Waals surface area (Å²) in [6.07, 6.45) is 6.60. The quantitative estimate of drug-likeness (QED) is 0.269. The van der Waals surface area contributed by atoms with Crippen molar-refractivity contribution in [2.24, 2.45) is 5.92 Å². The molecule has 186 valence electrons. The minimum atomic E-state index is -0.298. The Balaban J connectivity index is 1.65. The molecule has 0 saturated carbocycles. The van der Waals surface area contributed by atoms with Crippen LogP contribution in [0, 0.1) is 25.6 Å². The van der Waals surface area contributed by atoms with Crippen molar-refractivity contribution >= 4 is 27.4 Å². The van der Waals surface area contributed by atoms with E-state index in [0.717, 1.165) is 29.3 Å². The molecule has 3 aromatic rings. The number of hydrogen-bond donors (Lipinski definition) is 1. The summed E-state index contributed by atoms with van der Waals surface area (Å²) in [4.78, 5) is 12.7. The summed E-state index contributed by atoms with van der Waals surface area (Å²) in [6.45, 7) is 8.95. The molecule has 0 saturated heterocycles. The van der Waals surface area contributed by atoms with Crippen LogP contribution in [0.25, 0.3) is 5.57 Å². The lowest BCUT2D eigenvalue weighted by Crippen LogP contribution is -2.25. The zero-order valence-corrected chi connectivity index (χ0v) is 22.5. The van der Waals surface area contributed by atoms with Crippen molar-refractivity contribution in [3.05, 3.63) is 92.5 Å². The van der Waals surface area contributed by atoms with Crippen LogP contribution in [-0.4, -0.2) is 17.6 Å². The first-order chi connectivity index (χ1) is 16.8. The summed E-state index contributed by atoms with van der Waals surface area (Å²) in [6, 6.07) is 12.8. The fraction of sp³-hybridized carbons (Fsp3) is 0.379. The van der Waals surface area contributed by atoms with Gasteiger partial charge >= 0.3 is 0 Å². The molecular weight excluding hydrogens is 507 g/mol.